The van der Waals surface area contributed by atoms with Gasteiger partial charge in [-0.05, 0) is 24.1 Å². The summed E-state index contributed by atoms with van der Waals surface area (Å²) in [6, 6.07) is 8.05. The molecule has 1 fully saturated rings. The average molecular weight is 285 g/mol. The molecule has 1 aromatic carbocycles. The number of carbonyl (C=O) groups is 1. The molecule has 0 saturated carbocycles. The maximum atomic E-state index is 11.3. The van der Waals surface area contributed by atoms with Crippen molar-refractivity contribution in [1.82, 2.24) is 4.90 Å². The van der Waals surface area contributed by atoms with Crippen LogP contribution in [0.25, 0.3) is 0 Å². The van der Waals surface area contributed by atoms with Crippen LogP contribution in [0.3, 0.4) is 0 Å². The molecule has 0 spiro atoms. The molecule has 1 aliphatic heterocycles. The monoisotopic (exact) mass is 284 g/mol. The van der Waals surface area contributed by atoms with Crippen LogP contribution in [0.1, 0.15) is 24.8 Å². The lowest BCUT2D eigenvalue weighted by Gasteiger charge is -2.36. The van der Waals surface area contributed by atoms with Crippen LogP contribution in [0.2, 0.25) is 0 Å². The number of carbonyl (C=O) groups excluding carboxylic acids is 1. The van der Waals surface area contributed by atoms with Crippen LogP contribution < -0.4 is 10.5 Å². The van der Waals surface area contributed by atoms with Crippen molar-refractivity contribution < 1.29 is 9.53 Å². The molecule has 0 bridgehead atoms. The van der Waals surface area contributed by atoms with Gasteiger partial charge < -0.3 is 15.4 Å². The fourth-order valence-corrected chi connectivity index (χ4v) is 2.53. The molecule has 0 aromatic heterocycles. The highest BCUT2D eigenvalue weighted by molar-refractivity contribution is 5.85. The zero-order chi connectivity index (χ0) is 13.1. The Kier molecular flexibility index (Phi) is 5.63. The van der Waals surface area contributed by atoms with E-state index < -0.39 is 0 Å². The number of piperidine rings is 1. The van der Waals surface area contributed by atoms with Gasteiger partial charge in [-0.1, -0.05) is 12.1 Å². The number of halogens is 1. The number of hydrogen-bond acceptors (Lipinski definition) is 3. The van der Waals surface area contributed by atoms with Crippen LogP contribution >= 0.6 is 12.4 Å². The van der Waals surface area contributed by atoms with Gasteiger partial charge in [0.05, 0.1) is 7.11 Å². The van der Waals surface area contributed by atoms with Crippen molar-refractivity contribution in [3.8, 4) is 5.75 Å². The molecule has 5 heteroatoms. The first-order valence-electron chi connectivity index (χ1n) is 6.27. The molecule has 1 amide bonds. The molecule has 2 rings (SSSR count). The van der Waals surface area contributed by atoms with Gasteiger partial charge in [-0.2, -0.15) is 0 Å². The lowest BCUT2D eigenvalue weighted by atomic mass is 9.86. The van der Waals surface area contributed by atoms with E-state index in [9.17, 15) is 4.79 Å². The molecule has 1 aromatic rings. The van der Waals surface area contributed by atoms with Crippen LogP contribution in [-0.4, -0.2) is 37.0 Å². The molecule has 0 unspecified atom stereocenters. The maximum absolute atomic E-state index is 11.3. The number of hydrogen-bond donors (Lipinski definition) is 1. The van der Waals surface area contributed by atoms with E-state index in [0.717, 1.165) is 18.7 Å². The summed E-state index contributed by atoms with van der Waals surface area (Å²) >= 11 is 0. The predicted octanol–water partition coefficient (Wildman–Crippen LogP) is 1.78. The zero-order valence-corrected chi connectivity index (χ0v) is 12.2. The molecular formula is C14H21ClN2O2. The summed E-state index contributed by atoms with van der Waals surface area (Å²) in [6.07, 6.45) is 0.924. The standard InChI is InChI=1S/C14H20N2O2.ClH/c1-10(17)16-8-7-13(14(15)9-16)11-3-5-12(18-2)6-4-11;/h3-6,13-14H,7-9,15H2,1-2H3;1H/t13-,14+;/m0./s1. The van der Waals surface area contributed by atoms with Gasteiger partial charge in [-0.25, -0.2) is 0 Å². The second-order valence-electron chi connectivity index (χ2n) is 4.80. The molecule has 0 radical (unpaired) electrons. The Bertz CT molecular complexity index is 422. The van der Waals surface area contributed by atoms with Gasteiger partial charge in [0.1, 0.15) is 5.75 Å². The van der Waals surface area contributed by atoms with Gasteiger partial charge in [-0.3, -0.25) is 4.79 Å². The predicted molar refractivity (Wildman–Crippen MR) is 77.8 cm³/mol. The Morgan fingerprint density at radius 1 is 1.37 bits per heavy atom. The van der Waals surface area contributed by atoms with Crippen molar-refractivity contribution in [2.75, 3.05) is 20.2 Å². The third-order valence-corrected chi connectivity index (χ3v) is 3.65. The van der Waals surface area contributed by atoms with Crippen molar-refractivity contribution in [3.05, 3.63) is 29.8 Å². The molecule has 106 valence electrons. The van der Waals surface area contributed by atoms with Gasteiger partial charge in [0.25, 0.3) is 0 Å². The second-order valence-corrected chi connectivity index (χ2v) is 4.80. The van der Waals surface area contributed by atoms with Gasteiger partial charge in [0, 0.05) is 32.0 Å². The van der Waals surface area contributed by atoms with E-state index >= 15 is 0 Å². The Morgan fingerprint density at radius 2 is 2.00 bits per heavy atom. The zero-order valence-electron chi connectivity index (χ0n) is 11.3. The summed E-state index contributed by atoms with van der Waals surface area (Å²) < 4.78 is 5.15. The van der Waals surface area contributed by atoms with Gasteiger partial charge in [0.15, 0.2) is 0 Å². The fourth-order valence-electron chi connectivity index (χ4n) is 2.53. The van der Waals surface area contributed by atoms with Crippen LogP contribution in [0.5, 0.6) is 5.75 Å². The number of amides is 1. The number of benzene rings is 1. The molecule has 19 heavy (non-hydrogen) atoms. The number of nitrogens with two attached hydrogens (primary N) is 1. The second kappa shape index (κ2) is 6.78. The molecular weight excluding hydrogens is 264 g/mol. The van der Waals surface area contributed by atoms with E-state index in [1.165, 1.54) is 5.56 Å². The fraction of sp³-hybridized carbons (Fsp3) is 0.500. The Hall–Kier alpha value is -1.26. The topological polar surface area (TPSA) is 55.6 Å². The quantitative estimate of drug-likeness (QED) is 0.901. The molecule has 0 aliphatic carbocycles. The summed E-state index contributed by atoms with van der Waals surface area (Å²) in [5.74, 6) is 1.29. The normalized spacial score (nSPS) is 22.6. The smallest absolute Gasteiger partial charge is 0.219 e. The van der Waals surface area contributed by atoms with Crippen molar-refractivity contribution in [2.24, 2.45) is 5.73 Å². The molecule has 1 heterocycles. The third-order valence-electron chi connectivity index (χ3n) is 3.65. The summed E-state index contributed by atoms with van der Waals surface area (Å²) in [5, 5.41) is 0. The largest absolute Gasteiger partial charge is 0.497 e. The van der Waals surface area contributed by atoms with Crippen molar-refractivity contribution in [3.63, 3.8) is 0 Å². The number of likely N-dealkylation sites (tertiary alicyclic amines) is 1. The van der Waals surface area contributed by atoms with E-state index in [-0.39, 0.29) is 24.4 Å². The van der Waals surface area contributed by atoms with Crippen LogP contribution in [0.15, 0.2) is 24.3 Å². The average Bonchev–Trinajstić information content (AvgIpc) is 2.38. The van der Waals surface area contributed by atoms with Crippen LogP contribution in [0, 0.1) is 0 Å². The Labute approximate surface area is 120 Å². The summed E-state index contributed by atoms with van der Waals surface area (Å²) in [6.45, 7) is 3.03. The van der Waals surface area contributed by atoms with Gasteiger partial charge in [-0.15, -0.1) is 12.4 Å². The third kappa shape index (κ3) is 3.61. The van der Waals surface area contributed by atoms with E-state index in [0.29, 0.717) is 12.5 Å². The van der Waals surface area contributed by atoms with E-state index in [1.54, 1.807) is 14.0 Å². The first kappa shape index (κ1) is 15.8. The molecule has 1 aliphatic rings. The highest BCUT2D eigenvalue weighted by Crippen LogP contribution is 2.28. The van der Waals surface area contributed by atoms with E-state index in [4.69, 9.17) is 10.5 Å². The lowest BCUT2D eigenvalue weighted by molar-refractivity contribution is -0.130. The van der Waals surface area contributed by atoms with Gasteiger partial charge >= 0.3 is 0 Å². The van der Waals surface area contributed by atoms with E-state index in [2.05, 4.69) is 12.1 Å². The van der Waals surface area contributed by atoms with Crippen LogP contribution in [-0.2, 0) is 4.79 Å². The van der Waals surface area contributed by atoms with Crippen LogP contribution in [0.4, 0.5) is 0 Å². The summed E-state index contributed by atoms with van der Waals surface area (Å²) in [4.78, 5) is 13.1. The van der Waals surface area contributed by atoms with Crippen molar-refractivity contribution in [1.29, 1.82) is 0 Å². The first-order chi connectivity index (χ1) is 8.61. The molecule has 4 nitrogen and oxygen atoms in total. The summed E-state index contributed by atoms with van der Waals surface area (Å²) in [7, 11) is 1.66. The molecule has 2 atom stereocenters. The summed E-state index contributed by atoms with van der Waals surface area (Å²) in [5.41, 5.74) is 7.41. The highest BCUT2D eigenvalue weighted by atomic mass is 35.5. The van der Waals surface area contributed by atoms with Crippen molar-refractivity contribution >= 4 is 18.3 Å². The van der Waals surface area contributed by atoms with E-state index in [1.807, 2.05) is 17.0 Å². The minimum absolute atomic E-state index is 0. The minimum atomic E-state index is 0. The minimum Gasteiger partial charge on any atom is -0.497 e. The maximum Gasteiger partial charge on any atom is 0.219 e. The number of methoxy groups -OCH3 is 1. The van der Waals surface area contributed by atoms with Gasteiger partial charge in [0.2, 0.25) is 5.91 Å². The number of ether oxygens (including phenoxy) is 1. The number of rotatable bonds is 2. The number of nitrogens with zero attached hydrogens (tertiary/aromatic N) is 1. The first-order valence-corrected chi connectivity index (χ1v) is 6.27. The highest BCUT2D eigenvalue weighted by Gasteiger charge is 2.28. The molecule has 2 N–H and O–H groups in total. The SMILES string of the molecule is COc1ccc([C@@H]2CCN(C(C)=O)C[C@H]2N)cc1.Cl. The molecule has 1 saturated heterocycles. The Balaban J connectivity index is 0.00000180. The Morgan fingerprint density at radius 3 is 2.47 bits per heavy atom. The van der Waals surface area contributed by atoms with Crippen molar-refractivity contribution in [2.45, 2.75) is 25.3 Å². The lowest BCUT2D eigenvalue weighted by Crippen LogP contribution is -2.48.